The highest BCUT2D eigenvalue weighted by Gasteiger charge is 2.15. The molecule has 0 bridgehead atoms. The molecule has 1 aliphatic rings. The second-order valence-electron chi connectivity index (χ2n) is 4.23. The standard InChI is InChI=1S/C12H12N4OS/c13-10-8(11(14)17)4-6-3-7-5-18-2-1-9(7)15-12(6)16-10/h3-4H,1-2,5H2,(H2,14,17)(H2,13,15,16). The Morgan fingerprint density at radius 3 is 2.94 bits per heavy atom. The normalized spacial score (nSPS) is 14.4. The molecule has 2 aromatic rings. The summed E-state index contributed by atoms with van der Waals surface area (Å²) in [6, 6.07) is 3.70. The Hall–Kier alpha value is -1.82. The summed E-state index contributed by atoms with van der Waals surface area (Å²) in [5.74, 6) is 1.62. The number of primary amides is 1. The second-order valence-corrected chi connectivity index (χ2v) is 5.33. The van der Waals surface area contributed by atoms with Crippen LogP contribution in [-0.4, -0.2) is 21.6 Å². The van der Waals surface area contributed by atoms with Gasteiger partial charge in [-0.05, 0) is 29.9 Å². The van der Waals surface area contributed by atoms with E-state index in [1.807, 2.05) is 17.8 Å². The molecular formula is C12H12N4OS. The largest absolute Gasteiger partial charge is 0.383 e. The Labute approximate surface area is 108 Å². The van der Waals surface area contributed by atoms with E-state index in [9.17, 15) is 4.79 Å². The summed E-state index contributed by atoms with van der Waals surface area (Å²) >= 11 is 1.88. The van der Waals surface area contributed by atoms with E-state index in [0.717, 1.165) is 29.0 Å². The number of hydrogen-bond donors (Lipinski definition) is 2. The third kappa shape index (κ3) is 1.78. The molecule has 1 amide bonds. The van der Waals surface area contributed by atoms with Crippen molar-refractivity contribution in [2.45, 2.75) is 12.2 Å². The number of carbonyl (C=O) groups is 1. The van der Waals surface area contributed by atoms with Crippen molar-refractivity contribution in [1.82, 2.24) is 9.97 Å². The molecule has 0 spiro atoms. The Kier molecular flexibility index (Phi) is 2.59. The van der Waals surface area contributed by atoms with E-state index < -0.39 is 5.91 Å². The van der Waals surface area contributed by atoms with Gasteiger partial charge in [0.25, 0.3) is 5.91 Å². The first-order valence-corrected chi connectivity index (χ1v) is 6.77. The van der Waals surface area contributed by atoms with Gasteiger partial charge in [-0.15, -0.1) is 0 Å². The first-order chi connectivity index (χ1) is 8.65. The first kappa shape index (κ1) is 11.3. The molecule has 1 aliphatic heterocycles. The number of nitrogen functional groups attached to an aromatic ring is 1. The molecule has 3 heterocycles. The lowest BCUT2D eigenvalue weighted by Crippen LogP contribution is -2.15. The van der Waals surface area contributed by atoms with Gasteiger partial charge >= 0.3 is 0 Å². The van der Waals surface area contributed by atoms with E-state index in [-0.39, 0.29) is 11.4 Å². The fourth-order valence-electron chi connectivity index (χ4n) is 2.09. The van der Waals surface area contributed by atoms with Gasteiger partial charge in [-0.3, -0.25) is 4.79 Å². The Morgan fingerprint density at radius 1 is 1.33 bits per heavy atom. The van der Waals surface area contributed by atoms with E-state index >= 15 is 0 Å². The lowest BCUT2D eigenvalue weighted by molar-refractivity contribution is 0.100. The van der Waals surface area contributed by atoms with Gasteiger partial charge in [-0.25, -0.2) is 9.97 Å². The average molecular weight is 260 g/mol. The number of pyridine rings is 2. The number of hydrogen-bond acceptors (Lipinski definition) is 5. The van der Waals surface area contributed by atoms with Gasteiger partial charge in [0.05, 0.1) is 5.56 Å². The van der Waals surface area contributed by atoms with Crippen LogP contribution in [0.5, 0.6) is 0 Å². The molecule has 6 heteroatoms. The number of anilines is 1. The Bertz CT molecular complexity index is 656. The zero-order chi connectivity index (χ0) is 12.7. The average Bonchev–Trinajstić information content (AvgIpc) is 2.35. The van der Waals surface area contributed by atoms with Crippen LogP contribution in [0.25, 0.3) is 11.0 Å². The molecule has 5 nitrogen and oxygen atoms in total. The van der Waals surface area contributed by atoms with Gasteiger partial charge in [0.1, 0.15) is 5.82 Å². The van der Waals surface area contributed by atoms with Crippen molar-refractivity contribution in [2.24, 2.45) is 5.73 Å². The van der Waals surface area contributed by atoms with E-state index in [4.69, 9.17) is 11.5 Å². The summed E-state index contributed by atoms with van der Waals surface area (Å²) in [5, 5.41) is 0.819. The molecule has 0 atom stereocenters. The molecule has 0 unspecified atom stereocenters. The molecule has 0 aromatic carbocycles. The van der Waals surface area contributed by atoms with Gasteiger partial charge in [0.15, 0.2) is 5.65 Å². The molecule has 0 saturated heterocycles. The predicted octanol–water partition coefficient (Wildman–Crippen LogP) is 1.10. The van der Waals surface area contributed by atoms with Crippen molar-refractivity contribution in [3.63, 3.8) is 0 Å². The zero-order valence-electron chi connectivity index (χ0n) is 9.64. The minimum absolute atomic E-state index is 0.146. The van der Waals surface area contributed by atoms with Crippen molar-refractivity contribution in [1.29, 1.82) is 0 Å². The zero-order valence-corrected chi connectivity index (χ0v) is 10.5. The number of rotatable bonds is 1. The van der Waals surface area contributed by atoms with Gasteiger partial charge in [-0.2, -0.15) is 11.8 Å². The van der Waals surface area contributed by atoms with Gasteiger partial charge in [-0.1, -0.05) is 0 Å². The highest BCUT2D eigenvalue weighted by molar-refractivity contribution is 7.98. The smallest absolute Gasteiger partial charge is 0.252 e. The minimum atomic E-state index is -0.561. The number of aryl methyl sites for hydroxylation is 1. The fourth-order valence-corrected chi connectivity index (χ4v) is 3.04. The molecule has 0 fully saturated rings. The monoisotopic (exact) mass is 260 g/mol. The summed E-state index contributed by atoms with van der Waals surface area (Å²) < 4.78 is 0. The van der Waals surface area contributed by atoms with Crippen LogP contribution in [0.4, 0.5) is 5.82 Å². The maximum atomic E-state index is 11.2. The van der Waals surface area contributed by atoms with Crippen LogP contribution in [0.2, 0.25) is 0 Å². The van der Waals surface area contributed by atoms with Crippen LogP contribution < -0.4 is 11.5 Å². The van der Waals surface area contributed by atoms with Gasteiger partial charge < -0.3 is 11.5 Å². The summed E-state index contributed by atoms with van der Waals surface area (Å²) in [6.07, 6.45) is 0.953. The molecule has 0 radical (unpaired) electrons. The lowest BCUT2D eigenvalue weighted by atomic mass is 10.1. The molecular weight excluding hydrogens is 248 g/mol. The number of nitrogens with two attached hydrogens (primary N) is 2. The number of thioether (sulfide) groups is 1. The topological polar surface area (TPSA) is 94.9 Å². The van der Waals surface area contributed by atoms with Crippen LogP contribution in [0.15, 0.2) is 12.1 Å². The third-order valence-corrected chi connectivity index (χ3v) is 4.02. The van der Waals surface area contributed by atoms with Crippen molar-refractivity contribution >= 4 is 34.5 Å². The molecule has 92 valence electrons. The summed E-state index contributed by atoms with van der Waals surface area (Å²) in [4.78, 5) is 19.9. The third-order valence-electron chi connectivity index (χ3n) is 3.01. The SMILES string of the molecule is NC(=O)c1cc2cc3c(nc2nc1N)CCSC3. The van der Waals surface area contributed by atoms with Crippen LogP contribution in [-0.2, 0) is 12.2 Å². The lowest BCUT2D eigenvalue weighted by Gasteiger charge is -2.15. The van der Waals surface area contributed by atoms with Gasteiger partial charge in [0, 0.05) is 16.8 Å². The van der Waals surface area contributed by atoms with Crippen molar-refractivity contribution in [2.75, 3.05) is 11.5 Å². The number of amides is 1. The first-order valence-electron chi connectivity index (χ1n) is 5.62. The van der Waals surface area contributed by atoms with Gasteiger partial charge in [0.2, 0.25) is 0 Å². The molecule has 4 N–H and O–H groups in total. The summed E-state index contributed by atoms with van der Waals surface area (Å²) in [6.45, 7) is 0. The number of carbonyl (C=O) groups excluding carboxylic acids is 1. The molecule has 3 rings (SSSR count). The van der Waals surface area contributed by atoms with Crippen LogP contribution in [0, 0.1) is 0 Å². The van der Waals surface area contributed by atoms with E-state index in [1.54, 1.807) is 6.07 Å². The van der Waals surface area contributed by atoms with Crippen LogP contribution in [0.3, 0.4) is 0 Å². The number of aromatic nitrogens is 2. The van der Waals surface area contributed by atoms with Crippen molar-refractivity contribution < 1.29 is 4.79 Å². The minimum Gasteiger partial charge on any atom is -0.383 e. The fraction of sp³-hybridized carbons (Fsp3) is 0.250. The highest BCUT2D eigenvalue weighted by Crippen LogP contribution is 2.27. The molecule has 0 aliphatic carbocycles. The summed E-state index contributed by atoms with van der Waals surface area (Å²) in [5.41, 5.74) is 14.1. The molecule has 2 aromatic heterocycles. The summed E-state index contributed by atoms with van der Waals surface area (Å²) in [7, 11) is 0. The Balaban J connectivity index is 2.25. The van der Waals surface area contributed by atoms with E-state index in [0.29, 0.717) is 5.65 Å². The predicted molar refractivity (Wildman–Crippen MR) is 72.3 cm³/mol. The second kappa shape index (κ2) is 4.13. The van der Waals surface area contributed by atoms with Crippen LogP contribution in [0.1, 0.15) is 21.6 Å². The highest BCUT2D eigenvalue weighted by atomic mass is 32.2. The number of fused-ring (bicyclic) bond motifs is 2. The van der Waals surface area contributed by atoms with Crippen LogP contribution >= 0.6 is 11.8 Å². The maximum Gasteiger partial charge on any atom is 0.252 e. The molecule has 18 heavy (non-hydrogen) atoms. The number of nitrogens with zero attached hydrogens (tertiary/aromatic N) is 2. The Morgan fingerprint density at radius 2 is 2.17 bits per heavy atom. The van der Waals surface area contributed by atoms with Crippen molar-refractivity contribution in [3.8, 4) is 0 Å². The van der Waals surface area contributed by atoms with E-state index in [1.165, 1.54) is 5.56 Å². The quantitative estimate of drug-likeness (QED) is 0.800. The van der Waals surface area contributed by atoms with E-state index in [2.05, 4.69) is 9.97 Å². The van der Waals surface area contributed by atoms with Crippen molar-refractivity contribution in [3.05, 3.63) is 29.0 Å². The maximum absolute atomic E-state index is 11.2. The molecule has 0 saturated carbocycles.